The van der Waals surface area contributed by atoms with Crippen LogP contribution in [0.5, 0.6) is 5.75 Å². The summed E-state index contributed by atoms with van der Waals surface area (Å²) in [6, 6.07) is 4.81. The van der Waals surface area contributed by atoms with Crippen molar-refractivity contribution in [2.24, 2.45) is 0 Å². The molecule has 1 unspecified atom stereocenters. The Balaban J connectivity index is 2.00. The predicted octanol–water partition coefficient (Wildman–Crippen LogP) is 0.994. The summed E-state index contributed by atoms with van der Waals surface area (Å²) in [5, 5.41) is 9.11. The summed E-state index contributed by atoms with van der Waals surface area (Å²) in [4.78, 5) is 24.6. The molecule has 114 valence electrons. The van der Waals surface area contributed by atoms with E-state index in [1.807, 2.05) is 32.0 Å². The highest BCUT2D eigenvalue weighted by atomic mass is 16.5. The third-order valence-electron chi connectivity index (χ3n) is 3.43. The molecule has 1 atom stereocenters. The van der Waals surface area contributed by atoms with Crippen molar-refractivity contribution in [2.75, 3.05) is 26.4 Å². The number of nitrogens with zero attached hydrogens (tertiary/aromatic N) is 1. The molecule has 21 heavy (non-hydrogen) atoms. The maximum Gasteiger partial charge on any atom is 0.328 e. The largest absolute Gasteiger partial charge is 0.483 e. The van der Waals surface area contributed by atoms with E-state index in [1.165, 1.54) is 4.90 Å². The average molecular weight is 293 g/mol. The summed E-state index contributed by atoms with van der Waals surface area (Å²) in [6.45, 7) is 4.30. The summed E-state index contributed by atoms with van der Waals surface area (Å²) in [7, 11) is 0. The van der Waals surface area contributed by atoms with Crippen molar-refractivity contribution in [3.63, 3.8) is 0 Å². The van der Waals surface area contributed by atoms with Crippen LogP contribution in [0.25, 0.3) is 0 Å². The van der Waals surface area contributed by atoms with E-state index in [0.717, 1.165) is 11.1 Å². The molecule has 2 rings (SSSR count). The van der Waals surface area contributed by atoms with Gasteiger partial charge in [-0.15, -0.1) is 0 Å². The molecule has 6 nitrogen and oxygen atoms in total. The second-order valence-corrected chi connectivity index (χ2v) is 5.07. The predicted molar refractivity (Wildman–Crippen MR) is 75.4 cm³/mol. The van der Waals surface area contributed by atoms with Crippen LogP contribution in [0.4, 0.5) is 0 Å². The first-order valence-corrected chi connectivity index (χ1v) is 6.79. The van der Waals surface area contributed by atoms with Crippen molar-refractivity contribution in [3.05, 3.63) is 29.3 Å². The number of ether oxygens (including phenoxy) is 2. The van der Waals surface area contributed by atoms with Crippen LogP contribution < -0.4 is 4.74 Å². The summed E-state index contributed by atoms with van der Waals surface area (Å²) in [5.74, 6) is -0.759. The topological polar surface area (TPSA) is 76.1 Å². The molecule has 1 saturated heterocycles. The second kappa shape index (κ2) is 6.58. The SMILES string of the molecule is Cc1ccc(C)c(OCC(=O)N2CCOCC2C(=O)O)c1. The van der Waals surface area contributed by atoms with Gasteiger partial charge in [-0.3, -0.25) is 4.79 Å². The zero-order chi connectivity index (χ0) is 15.4. The quantitative estimate of drug-likeness (QED) is 0.896. The fourth-order valence-corrected chi connectivity index (χ4v) is 2.19. The van der Waals surface area contributed by atoms with Crippen LogP contribution in [0, 0.1) is 13.8 Å². The molecule has 6 heteroatoms. The minimum absolute atomic E-state index is 0.0184. The molecule has 1 heterocycles. The molecular formula is C15H19NO5. The minimum atomic E-state index is -1.06. The van der Waals surface area contributed by atoms with Gasteiger partial charge in [0.1, 0.15) is 5.75 Å². The van der Waals surface area contributed by atoms with E-state index < -0.39 is 12.0 Å². The summed E-state index contributed by atoms with van der Waals surface area (Å²) >= 11 is 0. The molecule has 0 bridgehead atoms. The van der Waals surface area contributed by atoms with Gasteiger partial charge in [0.25, 0.3) is 5.91 Å². The van der Waals surface area contributed by atoms with Gasteiger partial charge >= 0.3 is 5.97 Å². The lowest BCUT2D eigenvalue weighted by molar-refractivity contribution is -0.159. The first-order valence-electron chi connectivity index (χ1n) is 6.79. The Kier molecular flexibility index (Phi) is 4.80. The fraction of sp³-hybridized carbons (Fsp3) is 0.467. The number of carboxylic acids is 1. The van der Waals surface area contributed by atoms with Crippen molar-refractivity contribution in [2.45, 2.75) is 19.9 Å². The lowest BCUT2D eigenvalue weighted by atomic mass is 10.1. The van der Waals surface area contributed by atoms with E-state index in [0.29, 0.717) is 12.4 Å². The van der Waals surface area contributed by atoms with E-state index in [9.17, 15) is 9.59 Å². The summed E-state index contributed by atoms with van der Waals surface area (Å²) in [6.07, 6.45) is 0. The Morgan fingerprint density at radius 2 is 2.19 bits per heavy atom. The second-order valence-electron chi connectivity index (χ2n) is 5.07. The molecule has 0 radical (unpaired) electrons. The van der Waals surface area contributed by atoms with Crippen molar-refractivity contribution >= 4 is 11.9 Å². The monoisotopic (exact) mass is 293 g/mol. The van der Waals surface area contributed by atoms with Crippen LogP contribution in [-0.2, 0) is 14.3 Å². The number of hydrogen-bond acceptors (Lipinski definition) is 4. The number of amides is 1. The molecule has 1 aromatic carbocycles. The van der Waals surface area contributed by atoms with Gasteiger partial charge < -0.3 is 19.5 Å². The van der Waals surface area contributed by atoms with Crippen LogP contribution in [0.2, 0.25) is 0 Å². The number of rotatable bonds is 4. The highest BCUT2D eigenvalue weighted by Crippen LogP contribution is 2.19. The molecular weight excluding hydrogens is 274 g/mol. The number of morpholine rings is 1. The average Bonchev–Trinajstić information content (AvgIpc) is 2.47. The maximum atomic E-state index is 12.2. The number of aryl methyl sites for hydroxylation is 2. The van der Waals surface area contributed by atoms with Crippen LogP contribution >= 0.6 is 0 Å². The molecule has 1 aromatic rings. The zero-order valence-electron chi connectivity index (χ0n) is 12.2. The summed E-state index contributed by atoms with van der Waals surface area (Å²) in [5.41, 5.74) is 1.97. The molecule has 0 aliphatic carbocycles. The van der Waals surface area contributed by atoms with Gasteiger partial charge in [-0.2, -0.15) is 0 Å². The Morgan fingerprint density at radius 1 is 1.43 bits per heavy atom. The molecule has 1 fully saturated rings. The van der Waals surface area contributed by atoms with Gasteiger partial charge in [-0.25, -0.2) is 4.79 Å². The first-order chi connectivity index (χ1) is 9.99. The minimum Gasteiger partial charge on any atom is -0.483 e. The Bertz CT molecular complexity index is 543. The standard InChI is InChI=1S/C15H19NO5/c1-10-3-4-11(2)13(7-10)21-9-14(17)16-5-6-20-8-12(16)15(18)19/h3-4,7,12H,5-6,8-9H2,1-2H3,(H,18,19). The third-order valence-corrected chi connectivity index (χ3v) is 3.43. The van der Waals surface area contributed by atoms with Gasteiger partial charge in [0, 0.05) is 6.54 Å². The zero-order valence-corrected chi connectivity index (χ0v) is 12.2. The van der Waals surface area contributed by atoms with Gasteiger partial charge in [0.05, 0.1) is 13.2 Å². The lowest BCUT2D eigenvalue weighted by Crippen LogP contribution is -2.53. The van der Waals surface area contributed by atoms with Gasteiger partial charge in [-0.1, -0.05) is 12.1 Å². The van der Waals surface area contributed by atoms with E-state index >= 15 is 0 Å². The molecule has 0 spiro atoms. The lowest BCUT2D eigenvalue weighted by Gasteiger charge is -2.32. The van der Waals surface area contributed by atoms with Gasteiger partial charge in [-0.05, 0) is 31.0 Å². The van der Waals surface area contributed by atoms with Crippen LogP contribution in [0.1, 0.15) is 11.1 Å². The highest BCUT2D eigenvalue weighted by molar-refractivity contribution is 5.84. The number of hydrogen-bond donors (Lipinski definition) is 1. The van der Waals surface area contributed by atoms with Gasteiger partial charge in [0.2, 0.25) is 0 Å². The van der Waals surface area contributed by atoms with Crippen molar-refractivity contribution in [1.29, 1.82) is 0 Å². The molecule has 0 aromatic heterocycles. The van der Waals surface area contributed by atoms with Crippen molar-refractivity contribution < 1.29 is 24.2 Å². The number of carboxylic acid groups (broad SMARTS) is 1. The first kappa shape index (κ1) is 15.3. The highest BCUT2D eigenvalue weighted by Gasteiger charge is 2.32. The molecule has 1 aliphatic rings. The normalized spacial score (nSPS) is 18.4. The maximum absolute atomic E-state index is 12.2. The van der Waals surface area contributed by atoms with E-state index in [-0.39, 0.29) is 25.7 Å². The van der Waals surface area contributed by atoms with E-state index in [2.05, 4.69) is 0 Å². The third kappa shape index (κ3) is 3.72. The van der Waals surface area contributed by atoms with Crippen LogP contribution in [-0.4, -0.2) is 54.3 Å². The summed E-state index contributed by atoms with van der Waals surface area (Å²) < 4.78 is 10.6. The Morgan fingerprint density at radius 3 is 2.90 bits per heavy atom. The van der Waals surface area contributed by atoms with Crippen LogP contribution in [0.15, 0.2) is 18.2 Å². The van der Waals surface area contributed by atoms with E-state index in [1.54, 1.807) is 0 Å². The van der Waals surface area contributed by atoms with Gasteiger partial charge in [0.15, 0.2) is 12.6 Å². The molecule has 0 saturated carbocycles. The Hall–Kier alpha value is -2.08. The van der Waals surface area contributed by atoms with E-state index in [4.69, 9.17) is 14.6 Å². The Labute approximate surface area is 123 Å². The fourth-order valence-electron chi connectivity index (χ4n) is 2.19. The number of benzene rings is 1. The van der Waals surface area contributed by atoms with Crippen molar-refractivity contribution in [1.82, 2.24) is 4.90 Å². The molecule has 1 N–H and O–H groups in total. The smallest absolute Gasteiger partial charge is 0.328 e. The molecule has 1 amide bonds. The number of carbonyl (C=O) groups excluding carboxylic acids is 1. The number of aliphatic carboxylic acids is 1. The molecule has 1 aliphatic heterocycles. The van der Waals surface area contributed by atoms with Crippen LogP contribution in [0.3, 0.4) is 0 Å². The number of carbonyl (C=O) groups is 2. The van der Waals surface area contributed by atoms with Crippen molar-refractivity contribution in [3.8, 4) is 5.75 Å².